The lowest BCUT2D eigenvalue weighted by Gasteiger charge is -2.32. The van der Waals surface area contributed by atoms with Crippen LogP contribution in [0.4, 0.5) is 0 Å². The SMILES string of the molecule is CN1CCN(C(=O)COc2ccccc2Br)CC1. The molecule has 0 spiro atoms. The van der Waals surface area contributed by atoms with Crippen LogP contribution in [0, 0.1) is 0 Å². The highest BCUT2D eigenvalue weighted by Crippen LogP contribution is 2.23. The molecule has 0 radical (unpaired) electrons. The summed E-state index contributed by atoms with van der Waals surface area (Å²) in [6, 6.07) is 7.55. The van der Waals surface area contributed by atoms with Crippen molar-refractivity contribution in [3.63, 3.8) is 0 Å². The molecule has 1 amide bonds. The Labute approximate surface area is 116 Å². The zero-order chi connectivity index (χ0) is 13.0. The molecule has 1 aliphatic heterocycles. The third kappa shape index (κ3) is 3.46. The van der Waals surface area contributed by atoms with Gasteiger partial charge in [-0.1, -0.05) is 12.1 Å². The molecule has 2 rings (SSSR count). The Hall–Kier alpha value is -1.07. The third-order valence-corrected chi connectivity index (χ3v) is 3.70. The Balaban J connectivity index is 1.83. The van der Waals surface area contributed by atoms with Gasteiger partial charge in [-0.3, -0.25) is 4.79 Å². The smallest absolute Gasteiger partial charge is 0.260 e. The second kappa shape index (κ2) is 6.20. The molecule has 0 atom stereocenters. The lowest BCUT2D eigenvalue weighted by molar-refractivity contribution is -0.134. The number of benzene rings is 1. The monoisotopic (exact) mass is 312 g/mol. The Morgan fingerprint density at radius 2 is 1.94 bits per heavy atom. The normalized spacial score (nSPS) is 16.7. The highest BCUT2D eigenvalue weighted by molar-refractivity contribution is 9.10. The molecule has 0 bridgehead atoms. The second-order valence-corrected chi connectivity index (χ2v) is 5.26. The molecule has 5 heteroatoms. The first-order valence-electron chi connectivity index (χ1n) is 6.00. The summed E-state index contributed by atoms with van der Waals surface area (Å²) >= 11 is 3.39. The number of nitrogens with zero attached hydrogens (tertiary/aromatic N) is 2. The van der Waals surface area contributed by atoms with Gasteiger partial charge >= 0.3 is 0 Å². The number of amides is 1. The van der Waals surface area contributed by atoms with E-state index in [1.807, 2.05) is 29.2 Å². The van der Waals surface area contributed by atoms with Gasteiger partial charge in [0.1, 0.15) is 5.75 Å². The van der Waals surface area contributed by atoms with Gasteiger partial charge in [0.15, 0.2) is 6.61 Å². The predicted molar refractivity (Wildman–Crippen MR) is 73.7 cm³/mol. The van der Waals surface area contributed by atoms with Gasteiger partial charge in [0.25, 0.3) is 5.91 Å². The van der Waals surface area contributed by atoms with Gasteiger partial charge in [0.05, 0.1) is 4.47 Å². The topological polar surface area (TPSA) is 32.8 Å². The molecule has 0 N–H and O–H groups in total. The van der Waals surface area contributed by atoms with Gasteiger partial charge in [0, 0.05) is 26.2 Å². The van der Waals surface area contributed by atoms with Crippen molar-refractivity contribution in [2.75, 3.05) is 39.8 Å². The van der Waals surface area contributed by atoms with E-state index in [1.165, 1.54) is 0 Å². The molecule has 0 aliphatic carbocycles. The van der Waals surface area contributed by atoms with Gasteiger partial charge in [-0.2, -0.15) is 0 Å². The summed E-state index contributed by atoms with van der Waals surface area (Å²) in [5, 5.41) is 0. The number of hydrogen-bond donors (Lipinski definition) is 0. The number of hydrogen-bond acceptors (Lipinski definition) is 3. The zero-order valence-electron chi connectivity index (χ0n) is 10.4. The first-order valence-corrected chi connectivity index (χ1v) is 6.80. The maximum atomic E-state index is 12.0. The minimum absolute atomic E-state index is 0.0545. The molecular formula is C13H17BrN2O2. The second-order valence-electron chi connectivity index (χ2n) is 4.40. The van der Waals surface area contributed by atoms with E-state index in [-0.39, 0.29) is 12.5 Å². The number of halogens is 1. The summed E-state index contributed by atoms with van der Waals surface area (Å²) < 4.78 is 6.40. The average molecular weight is 313 g/mol. The van der Waals surface area contributed by atoms with E-state index in [0.717, 1.165) is 30.7 Å². The molecule has 4 nitrogen and oxygen atoms in total. The highest BCUT2D eigenvalue weighted by Gasteiger charge is 2.19. The molecule has 98 valence electrons. The van der Waals surface area contributed by atoms with E-state index in [9.17, 15) is 4.79 Å². The molecule has 1 aliphatic rings. The fourth-order valence-corrected chi connectivity index (χ4v) is 2.25. The van der Waals surface area contributed by atoms with Crippen LogP contribution in [0.25, 0.3) is 0 Å². The molecule has 0 unspecified atom stereocenters. The van der Waals surface area contributed by atoms with Crippen LogP contribution in [0.15, 0.2) is 28.7 Å². The van der Waals surface area contributed by atoms with Crippen LogP contribution in [0.2, 0.25) is 0 Å². The summed E-state index contributed by atoms with van der Waals surface area (Å²) in [6.07, 6.45) is 0. The molecule has 1 heterocycles. The van der Waals surface area contributed by atoms with Crippen LogP contribution in [-0.4, -0.2) is 55.5 Å². The number of likely N-dealkylation sites (N-methyl/N-ethyl adjacent to an activating group) is 1. The molecule has 1 aromatic rings. The summed E-state index contributed by atoms with van der Waals surface area (Å²) in [7, 11) is 2.07. The number of carbonyl (C=O) groups is 1. The number of para-hydroxylation sites is 1. The molecule has 1 aromatic carbocycles. The molecule has 1 saturated heterocycles. The van der Waals surface area contributed by atoms with Crippen LogP contribution in [0.5, 0.6) is 5.75 Å². The van der Waals surface area contributed by atoms with Crippen LogP contribution in [0.1, 0.15) is 0 Å². The molecule has 0 aromatic heterocycles. The van der Waals surface area contributed by atoms with Gasteiger partial charge < -0.3 is 14.5 Å². The van der Waals surface area contributed by atoms with E-state index in [1.54, 1.807) is 0 Å². The first kappa shape index (κ1) is 13.4. The lowest BCUT2D eigenvalue weighted by Crippen LogP contribution is -2.48. The largest absolute Gasteiger partial charge is 0.483 e. The Morgan fingerprint density at radius 3 is 2.61 bits per heavy atom. The maximum absolute atomic E-state index is 12.0. The van der Waals surface area contributed by atoms with Crippen molar-refractivity contribution in [1.29, 1.82) is 0 Å². The predicted octanol–water partition coefficient (Wildman–Crippen LogP) is 1.60. The summed E-state index contributed by atoms with van der Waals surface area (Å²) in [5.74, 6) is 0.763. The van der Waals surface area contributed by atoms with Gasteiger partial charge in [0.2, 0.25) is 0 Å². The van der Waals surface area contributed by atoms with Gasteiger partial charge in [-0.15, -0.1) is 0 Å². The van der Waals surface area contributed by atoms with Crippen molar-refractivity contribution in [3.8, 4) is 5.75 Å². The van der Waals surface area contributed by atoms with Crippen LogP contribution >= 0.6 is 15.9 Å². The van der Waals surface area contributed by atoms with E-state index in [0.29, 0.717) is 5.75 Å². The van der Waals surface area contributed by atoms with Gasteiger partial charge in [-0.05, 0) is 35.1 Å². The fraction of sp³-hybridized carbons (Fsp3) is 0.462. The van der Waals surface area contributed by atoms with Crippen molar-refractivity contribution in [2.45, 2.75) is 0 Å². The van der Waals surface area contributed by atoms with Crippen LogP contribution < -0.4 is 4.74 Å². The van der Waals surface area contributed by atoms with Crippen LogP contribution in [-0.2, 0) is 4.79 Å². The summed E-state index contributed by atoms with van der Waals surface area (Å²) in [5.41, 5.74) is 0. The Kier molecular flexibility index (Phi) is 4.60. The molecular weight excluding hydrogens is 296 g/mol. The molecule has 1 fully saturated rings. The van der Waals surface area contributed by atoms with Gasteiger partial charge in [-0.25, -0.2) is 0 Å². The molecule has 0 saturated carbocycles. The minimum atomic E-state index is 0.0545. The maximum Gasteiger partial charge on any atom is 0.260 e. The fourth-order valence-electron chi connectivity index (χ4n) is 1.85. The van der Waals surface area contributed by atoms with Crippen molar-refractivity contribution < 1.29 is 9.53 Å². The highest BCUT2D eigenvalue weighted by atomic mass is 79.9. The number of piperazine rings is 1. The van der Waals surface area contributed by atoms with E-state index in [2.05, 4.69) is 27.9 Å². The molecule has 18 heavy (non-hydrogen) atoms. The quantitative estimate of drug-likeness (QED) is 0.850. The number of rotatable bonds is 3. The van der Waals surface area contributed by atoms with Crippen molar-refractivity contribution in [2.24, 2.45) is 0 Å². The van der Waals surface area contributed by atoms with Crippen molar-refractivity contribution >= 4 is 21.8 Å². The number of ether oxygens (including phenoxy) is 1. The lowest BCUT2D eigenvalue weighted by atomic mass is 10.3. The van der Waals surface area contributed by atoms with E-state index < -0.39 is 0 Å². The standard InChI is InChI=1S/C13H17BrN2O2/c1-15-6-8-16(9-7-15)13(17)10-18-12-5-3-2-4-11(12)14/h2-5H,6-10H2,1H3. The van der Waals surface area contributed by atoms with Crippen molar-refractivity contribution in [3.05, 3.63) is 28.7 Å². The summed E-state index contributed by atoms with van der Waals surface area (Å²) in [4.78, 5) is 16.0. The summed E-state index contributed by atoms with van der Waals surface area (Å²) in [6.45, 7) is 3.54. The minimum Gasteiger partial charge on any atom is -0.483 e. The van der Waals surface area contributed by atoms with E-state index in [4.69, 9.17) is 4.74 Å². The Bertz CT molecular complexity index is 417. The third-order valence-electron chi connectivity index (χ3n) is 3.04. The van der Waals surface area contributed by atoms with Crippen molar-refractivity contribution in [1.82, 2.24) is 9.80 Å². The number of carbonyl (C=O) groups excluding carboxylic acids is 1. The van der Waals surface area contributed by atoms with Crippen LogP contribution in [0.3, 0.4) is 0 Å². The average Bonchev–Trinajstić information content (AvgIpc) is 2.38. The first-order chi connectivity index (χ1) is 8.66. The Morgan fingerprint density at radius 1 is 1.28 bits per heavy atom. The zero-order valence-corrected chi connectivity index (χ0v) is 12.0. The van der Waals surface area contributed by atoms with E-state index >= 15 is 0 Å².